The standard InChI is InChI=1S/C20H18N4O4/c25-19(23-27)13-4-6-15(7-5-13)22-17-8-9-24(20(17)26)16-3-1-2-14(10-16)18-11-21-12-28-18/h1-7,10-12,17,22,27H,8-9H2,(H,23,25). The molecule has 1 fully saturated rings. The summed E-state index contributed by atoms with van der Waals surface area (Å²) in [5, 5.41) is 11.9. The molecule has 3 N–H and O–H groups in total. The number of amides is 2. The highest BCUT2D eigenvalue weighted by Crippen LogP contribution is 2.28. The molecule has 1 aromatic heterocycles. The fraction of sp³-hybridized carbons (Fsp3) is 0.150. The molecule has 0 aliphatic carbocycles. The van der Waals surface area contributed by atoms with Crippen LogP contribution in [0.1, 0.15) is 16.8 Å². The summed E-state index contributed by atoms with van der Waals surface area (Å²) in [6.07, 6.45) is 3.67. The molecule has 2 heterocycles. The van der Waals surface area contributed by atoms with E-state index in [4.69, 9.17) is 9.62 Å². The summed E-state index contributed by atoms with van der Waals surface area (Å²) in [5.74, 6) is 0.0448. The van der Waals surface area contributed by atoms with Crippen molar-refractivity contribution in [2.45, 2.75) is 12.5 Å². The van der Waals surface area contributed by atoms with Crippen LogP contribution in [0.25, 0.3) is 11.3 Å². The third kappa shape index (κ3) is 3.45. The van der Waals surface area contributed by atoms with Crippen molar-refractivity contribution < 1.29 is 19.2 Å². The van der Waals surface area contributed by atoms with Crippen LogP contribution in [0, 0.1) is 0 Å². The number of rotatable bonds is 5. The van der Waals surface area contributed by atoms with Crippen LogP contribution in [0.3, 0.4) is 0 Å². The molecule has 1 saturated heterocycles. The molecule has 1 atom stereocenters. The van der Waals surface area contributed by atoms with Gasteiger partial charge in [-0.05, 0) is 42.8 Å². The molecule has 1 aliphatic heterocycles. The summed E-state index contributed by atoms with van der Waals surface area (Å²) < 4.78 is 5.33. The molecule has 2 amide bonds. The van der Waals surface area contributed by atoms with E-state index in [9.17, 15) is 9.59 Å². The Morgan fingerprint density at radius 2 is 2.04 bits per heavy atom. The van der Waals surface area contributed by atoms with Crippen LogP contribution in [0.2, 0.25) is 0 Å². The second kappa shape index (κ2) is 7.53. The van der Waals surface area contributed by atoms with E-state index in [-0.39, 0.29) is 11.9 Å². The fourth-order valence-corrected chi connectivity index (χ4v) is 3.24. The SMILES string of the molecule is O=C(NO)c1ccc(NC2CCN(c3cccc(-c4cnco4)c3)C2=O)cc1. The van der Waals surface area contributed by atoms with E-state index in [1.165, 1.54) is 6.39 Å². The molecule has 1 unspecified atom stereocenters. The van der Waals surface area contributed by atoms with E-state index >= 15 is 0 Å². The zero-order valence-corrected chi connectivity index (χ0v) is 14.8. The molecule has 2 aromatic carbocycles. The molecule has 0 bridgehead atoms. The predicted molar refractivity (Wildman–Crippen MR) is 102 cm³/mol. The largest absolute Gasteiger partial charge is 0.444 e. The molecule has 0 spiro atoms. The van der Waals surface area contributed by atoms with E-state index < -0.39 is 5.91 Å². The third-order valence-corrected chi connectivity index (χ3v) is 4.67. The van der Waals surface area contributed by atoms with E-state index in [0.29, 0.717) is 24.3 Å². The number of hydrogen-bond donors (Lipinski definition) is 3. The highest BCUT2D eigenvalue weighted by atomic mass is 16.5. The van der Waals surface area contributed by atoms with Gasteiger partial charge in [-0.1, -0.05) is 12.1 Å². The van der Waals surface area contributed by atoms with Gasteiger partial charge in [-0.15, -0.1) is 0 Å². The van der Waals surface area contributed by atoms with Crippen LogP contribution in [0.15, 0.2) is 65.5 Å². The molecule has 142 valence electrons. The van der Waals surface area contributed by atoms with Crippen molar-refractivity contribution in [3.63, 3.8) is 0 Å². The number of carbonyl (C=O) groups excluding carboxylic acids is 2. The van der Waals surface area contributed by atoms with Gasteiger partial charge in [0.2, 0.25) is 5.91 Å². The van der Waals surface area contributed by atoms with Crippen molar-refractivity contribution in [1.82, 2.24) is 10.5 Å². The first kappa shape index (κ1) is 17.7. The highest BCUT2D eigenvalue weighted by Gasteiger charge is 2.32. The van der Waals surface area contributed by atoms with Crippen molar-refractivity contribution in [3.8, 4) is 11.3 Å². The van der Waals surface area contributed by atoms with Gasteiger partial charge in [0, 0.05) is 29.0 Å². The molecule has 8 heteroatoms. The number of carbonyl (C=O) groups is 2. The summed E-state index contributed by atoms with van der Waals surface area (Å²) in [6.45, 7) is 0.599. The Morgan fingerprint density at radius 3 is 2.75 bits per heavy atom. The van der Waals surface area contributed by atoms with Gasteiger partial charge in [0.15, 0.2) is 12.2 Å². The van der Waals surface area contributed by atoms with Crippen molar-refractivity contribution in [3.05, 3.63) is 66.7 Å². The van der Waals surface area contributed by atoms with Gasteiger partial charge in [0.1, 0.15) is 6.04 Å². The van der Waals surface area contributed by atoms with Crippen molar-refractivity contribution in [2.75, 3.05) is 16.8 Å². The van der Waals surface area contributed by atoms with Crippen LogP contribution in [0.5, 0.6) is 0 Å². The van der Waals surface area contributed by atoms with Gasteiger partial charge in [-0.3, -0.25) is 14.8 Å². The first-order valence-electron chi connectivity index (χ1n) is 8.77. The second-order valence-electron chi connectivity index (χ2n) is 6.41. The van der Waals surface area contributed by atoms with Gasteiger partial charge in [-0.2, -0.15) is 0 Å². The normalized spacial score (nSPS) is 16.2. The monoisotopic (exact) mass is 378 g/mol. The minimum absolute atomic E-state index is 0.0214. The predicted octanol–water partition coefficient (Wildman–Crippen LogP) is 2.68. The van der Waals surface area contributed by atoms with Crippen molar-refractivity contribution >= 4 is 23.2 Å². The minimum Gasteiger partial charge on any atom is -0.444 e. The smallest absolute Gasteiger partial charge is 0.274 e. The molecule has 0 saturated carbocycles. The maximum absolute atomic E-state index is 12.9. The van der Waals surface area contributed by atoms with E-state index in [1.54, 1.807) is 40.8 Å². The Morgan fingerprint density at radius 1 is 1.21 bits per heavy atom. The fourth-order valence-electron chi connectivity index (χ4n) is 3.24. The van der Waals surface area contributed by atoms with E-state index in [2.05, 4.69) is 10.3 Å². The molecular weight excluding hydrogens is 360 g/mol. The maximum atomic E-state index is 12.9. The average Bonchev–Trinajstić information content (AvgIpc) is 3.39. The summed E-state index contributed by atoms with van der Waals surface area (Å²) in [6, 6.07) is 13.8. The molecule has 3 aromatic rings. The zero-order valence-electron chi connectivity index (χ0n) is 14.8. The van der Waals surface area contributed by atoms with Gasteiger partial charge in [-0.25, -0.2) is 10.5 Å². The third-order valence-electron chi connectivity index (χ3n) is 4.67. The summed E-state index contributed by atoms with van der Waals surface area (Å²) in [7, 11) is 0. The van der Waals surface area contributed by atoms with E-state index in [1.807, 2.05) is 24.3 Å². The first-order chi connectivity index (χ1) is 13.7. The van der Waals surface area contributed by atoms with Gasteiger partial charge in [0.05, 0.1) is 6.20 Å². The van der Waals surface area contributed by atoms with Crippen LogP contribution < -0.4 is 15.7 Å². The number of benzene rings is 2. The number of nitrogens with one attached hydrogen (secondary N) is 2. The minimum atomic E-state index is -0.582. The van der Waals surface area contributed by atoms with Gasteiger partial charge >= 0.3 is 0 Å². The van der Waals surface area contributed by atoms with Crippen molar-refractivity contribution in [1.29, 1.82) is 0 Å². The second-order valence-corrected chi connectivity index (χ2v) is 6.41. The molecule has 28 heavy (non-hydrogen) atoms. The number of oxazole rings is 1. The number of anilines is 2. The summed E-state index contributed by atoms with van der Waals surface area (Å²) in [4.78, 5) is 29.9. The molecule has 8 nitrogen and oxygen atoms in total. The lowest BCUT2D eigenvalue weighted by Gasteiger charge is -2.18. The van der Waals surface area contributed by atoms with Crippen LogP contribution in [0.4, 0.5) is 11.4 Å². The van der Waals surface area contributed by atoms with Crippen LogP contribution in [-0.2, 0) is 4.79 Å². The molecule has 0 radical (unpaired) electrons. The number of hydrogen-bond acceptors (Lipinski definition) is 6. The van der Waals surface area contributed by atoms with Crippen LogP contribution >= 0.6 is 0 Å². The lowest BCUT2D eigenvalue weighted by Crippen LogP contribution is -2.33. The Bertz CT molecular complexity index is 986. The zero-order chi connectivity index (χ0) is 19.5. The number of nitrogens with zero attached hydrogens (tertiary/aromatic N) is 2. The van der Waals surface area contributed by atoms with Gasteiger partial charge in [0.25, 0.3) is 5.91 Å². The number of aromatic nitrogens is 1. The summed E-state index contributed by atoms with van der Waals surface area (Å²) >= 11 is 0. The first-order valence-corrected chi connectivity index (χ1v) is 8.77. The molecule has 4 rings (SSSR count). The molecular formula is C20H18N4O4. The Hall–Kier alpha value is -3.65. The summed E-state index contributed by atoms with van der Waals surface area (Å²) in [5.41, 5.74) is 4.31. The number of hydroxylamine groups is 1. The van der Waals surface area contributed by atoms with Crippen molar-refractivity contribution in [2.24, 2.45) is 0 Å². The lowest BCUT2D eigenvalue weighted by atomic mass is 10.1. The highest BCUT2D eigenvalue weighted by molar-refractivity contribution is 6.01. The Labute approximate surface area is 160 Å². The topological polar surface area (TPSA) is 108 Å². The van der Waals surface area contributed by atoms with Crippen LogP contribution in [-0.4, -0.2) is 34.6 Å². The molecule has 1 aliphatic rings. The lowest BCUT2D eigenvalue weighted by molar-refractivity contribution is -0.117. The quantitative estimate of drug-likeness (QED) is 0.465. The van der Waals surface area contributed by atoms with Gasteiger partial charge < -0.3 is 14.6 Å². The maximum Gasteiger partial charge on any atom is 0.274 e. The van der Waals surface area contributed by atoms with E-state index in [0.717, 1.165) is 16.9 Å². The average molecular weight is 378 g/mol. The Kier molecular flexibility index (Phi) is 4.77. The Balaban J connectivity index is 1.47.